The minimum absolute atomic E-state index is 0.0392. The molecule has 0 spiro atoms. The number of hydrogen-bond acceptors (Lipinski definition) is 3. The van der Waals surface area contributed by atoms with Crippen LogP contribution in [0.25, 0.3) is 0 Å². The molecule has 138 valence electrons. The molecule has 5 heteroatoms. The lowest BCUT2D eigenvalue weighted by atomic mass is 9.87. The van der Waals surface area contributed by atoms with Crippen molar-refractivity contribution in [2.75, 3.05) is 12.4 Å². The maximum atomic E-state index is 12.5. The van der Waals surface area contributed by atoms with E-state index in [9.17, 15) is 9.90 Å². The molecule has 0 aliphatic heterocycles. The average Bonchev–Trinajstić information content (AvgIpc) is 2.90. The van der Waals surface area contributed by atoms with E-state index in [0.717, 1.165) is 16.7 Å². The molecule has 0 saturated heterocycles. The first-order valence-electron chi connectivity index (χ1n) is 8.81. The van der Waals surface area contributed by atoms with Crippen LogP contribution in [-0.4, -0.2) is 24.3 Å². The quantitative estimate of drug-likeness (QED) is 0.786. The Hall–Kier alpha value is -2.53. The third-order valence-electron chi connectivity index (χ3n) is 4.82. The molecule has 2 aromatic rings. The van der Waals surface area contributed by atoms with E-state index in [-0.39, 0.29) is 17.5 Å². The number of methoxy groups -OCH3 is 1. The maximum absolute atomic E-state index is 12.5. The number of anilines is 1. The molecule has 2 atom stereocenters. The second-order valence-electron chi connectivity index (χ2n) is 7.72. The number of aliphatic hydroxyl groups excluding tert-OH is 1. The molecule has 0 unspecified atom stereocenters. The van der Waals surface area contributed by atoms with Gasteiger partial charge in [0, 0.05) is 0 Å². The Balaban J connectivity index is 1.73. The summed E-state index contributed by atoms with van der Waals surface area (Å²) < 4.78 is 5.36. The summed E-state index contributed by atoms with van der Waals surface area (Å²) in [5, 5.41) is 16.2. The minimum atomic E-state index is -0.695. The summed E-state index contributed by atoms with van der Waals surface area (Å²) in [7, 11) is 1.58. The monoisotopic (exact) mass is 354 g/mol. The predicted octanol–water partition coefficient (Wildman–Crippen LogP) is 3.77. The van der Waals surface area contributed by atoms with Crippen LogP contribution >= 0.6 is 0 Å². The summed E-state index contributed by atoms with van der Waals surface area (Å²) >= 11 is 0. The van der Waals surface area contributed by atoms with Crippen molar-refractivity contribution in [3.63, 3.8) is 0 Å². The van der Waals surface area contributed by atoms with Gasteiger partial charge in [-0.25, -0.2) is 4.79 Å². The van der Waals surface area contributed by atoms with Crippen LogP contribution in [-0.2, 0) is 11.8 Å². The number of carbonyl (C=O) groups excluding carboxylic acids is 1. The second kappa shape index (κ2) is 7.00. The van der Waals surface area contributed by atoms with Crippen LogP contribution in [0.3, 0.4) is 0 Å². The van der Waals surface area contributed by atoms with Crippen LogP contribution in [0.4, 0.5) is 10.5 Å². The number of hydrogen-bond donors (Lipinski definition) is 3. The first-order chi connectivity index (χ1) is 12.3. The van der Waals surface area contributed by atoms with E-state index in [1.165, 1.54) is 0 Å². The van der Waals surface area contributed by atoms with Gasteiger partial charge in [-0.05, 0) is 40.7 Å². The first kappa shape index (κ1) is 18.3. The van der Waals surface area contributed by atoms with Gasteiger partial charge in [0.1, 0.15) is 5.75 Å². The highest BCUT2D eigenvalue weighted by molar-refractivity contribution is 5.91. The van der Waals surface area contributed by atoms with Crippen molar-refractivity contribution in [2.24, 2.45) is 0 Å². The number of urea groups is 1. The molecule has 0 aromatic heterocycles. The van der Waals surface area contributed by atoms with Crippen molar-refractivity contribution in [1.29, 1.82) is 0 Å². The van der Waals surface area contributed by atoms with E-state index in [0.29, 0.717) is 17.9 Å². The third-order valence-corrected chi connectivity index (χ3v) is 4.82. The predicted molar refractivity (Wildman–Crippen MR) is 103 cm³/mol. The number of benzene rings is 2. The fraction of sp³-hybridized carbons (Fsp3) is 0.381. The number of nitrogens with one attached hydrogen (secondary N) is 2. The minimum Gasteiger partial charge on any atom is -0.495 e. The van der Waals surface area contributed by atoms with E-state index < -0.39 is 6.10 Å². The third kappa shape index (κ3) is 3.68. The smallest absolute Gasteiger partial charge is 0.319 e. The van der Waals surface area contributed by atoms with Gasteiger partial charge in [-0.1, -0.05) is 51.1 Å². The van der Waals surface area contributed by atoms with Gasteiger partial charge in [0.25, 0.3) is 0 Å². The van der Waals surface area contributed by atoms with Crippen LogP contribution in [0, 0.1) is 0 Å². The topological polar surface area (TPSA) is 70.6 Å². The van der Waals surface area contributed by atoms with Crippen molar-refractivity contribution < 1.29 is 14.6 Å². The van der Waals surface area contributed by atoms with Crippen LogP contribution in [0.15, 0.2) is 42.5 Å². The molecular formula is C21H26N2O3. The van der Waals surface area contributed by atoms with Crippen LogP contribution in [0.2, 0.25) is 0 Å². The van der Waals surface area contributed by atoms with Gasteiger partial charge >= 0.3 is 6.03 Å². The lowest BCUT2D eigenvalue weighted by Gasteiger charge is -2.22. The number of amides is 2. The molecule has 0 heterocycles. The molecule has 0 bridgehead atoms. The summed E-state index contributed by atoms with van der Waals surface area (Å²) in [6.07, 6.45) is -0.0797. The molecule has 5 nitrogen and oxygen atoms in total. The van der Waals surface area contributed by atoms with Crippen molar-refractivity contribution in [1.82, 2.24) is 5.32 Å². The van der Waals surface area contributed by atoms with E-state index >= 15 is 0 Å². The van der Waals surface area contributed by atoms with E-state index in [2.05, 4.69) is 31.4 Å². The SMILES string of the molecule is COc1ccc(C(C)(C)C)cc1NC(=O)N[C@@H]1Cc2ccccc2[C@@H]1O. The Morgan fingerprint density at radius 3 is 2.58 bits per heavy atom. The molecule has 2 aromatic carbocycles. The molecular weight excluding hydrogens is 328 g/mol. The van der Waals surface area contributed by atoms with Gasteiger partial charge in [-0.3, -0.25) is 0 Å². The van der Waals surface area contributed by atoms with Gasteiger partial charge in [-0.15, -0.1) is 0 Å². The van der Waals surface area contributed by atoms with Gasteiger partial charge in [-0.2, -0.15) is 0 Å². The van der Waals surface area contributed by atoms with Crippen molar-refractivity contribution in [3.05, 3.63) is 59.2 Å². The molecule has 26 heavy (non-hydrogen) atoms. The highest BCUT2D eigenvalue weighted by Crippen LogP contribution is 2.33. The summed E-state index contributed by atoms with van der Waals surface area (Å²) in [5.74, 6) is 0.600. The zero-order valence-electron chi connectivity index (χ0n) is 15.7. The number of carbonyl (C=O) groups is 1. The number of rotatable bonds is 3. The number of fused-ring (bicyclic) bond motifs is 1. The number of aliphatic hydroxyl groups is 1. The highest BCUT2D eigenvalue weighted by atomic mass is 16.5. The van der Waals surface area contributed by atoms with Crippen LogP contribution in [0.5, 0.6) is 5.75 Å². The Morgan fingerprint density at radius 1 is 1.19 bits per heavy atom. The van der Waals surface area contributed by atoms with Crippen molar-refractivity contribution in [2.45, 2.75) is 44.8 Å². The van der Waals surface area contributed by atoms with Gasteiger partial charge < -0.3 is 20.5 Å². The summed E-state index contributed by atoms with van der Waals surface area (Å²) in [4.78, 5) is 12.5. The summed E-state index contributed by atoms with van der Waals surface area (Å²) in [6.45, 7) is 6.35. The molecule has 2 amide bonds. The van der Waals surface area contributed by atoms with Crippen molar-refractivity contribution in [3.8, 4) is 5.75 Å². The Kier molecular flexibility index (Phi) is 4.92. The lowest BCUT2D eigenvalue weighted by molar-refractivity contribution is 0.145. The molecule has 0 saturated carbocycles. The normalized spacial score (nSPS) is 19.0. The summed E-state index contributed by atoms with van der Waals surface area (Å²) in [5.41, 5.74) is 3.62. The zero-order chi connectivity index (χ0) is 18.9. The lowest BCUT2D eigenvalue weighted by Crippen LogP contribution is -2.40. The Labute approximate surface area is 154 Å². The fourth-order valence-electron chi connectivity index (χ4n) is 3.30. The van der Waals surface area contributed by atoms with E-state index in [4.69, 9.17) is 4.74 Å². The molecule has 3 rings (SSSR count). The zero-order valence-corrected chi connectivity index (χ0v) is 15.7. The largest absolute Gasteiger partial charge is 0.495 e. The first-order valence-corrected chi connectivity index (χ1v) is 8.81. The standard InChI is InChI=1S/C21H26N2O3/c1-21(2,3)14-9-10-18(26-4)16(12-14)22-20(25)23-17-11-13-7-5-6-8-15(13)19(17)24/h5-10,12,17,19,24H,11H2,1-4H3,(H2,22,23,25)/t17-,19+/m1/s1. The average molecular weight is 354 g/mol. The molecule has 0 fully saturated rings. The molecule has 3 N–H and O–H groups in total. The van der Waals surface area contributed by atoms with Gasteiger partial charge in [0.05, 0.1) is 24.9 Å². The molecule has 1 aliphatic rings. The fourth-order valence-corrected chi connectivity index (χ4v) is 3.30. The number of ether oxygens (including phenoxy) is 1. The molecule has 0 radical (unpaired) electrons. The Morgan fingerprint density at radius 2 is 1.92 bits per heavy atom. The van der Waals surface area contributed by atoms with Gasteiger partial charge in [0.15, 0.2) is 0 Å². The highest BCUT2D eigenvalue weighted by Gasteiger charge is 2.31. The molecule has 1 aliphatic carbocycles. The second-order valence-corrected chi connectivity index (χ2v) is 7.72. The maximum Gasteiger partial charge on any atom is 0.319 e. The Bertz CT molecular complexity index is 811. The summed E-state index contributed by atoms with van der Waals surface area (Å²) in [6, 6.07) is 12.8. The van der Waals surface area contributed by atoms with Crippen molar-refractivity contribution >= 4 is 11.7 Å². The van der Waals surface area contributed by atoms with E-state index in [1.54, 1.807) is 7.11 Å². The van der Waals surface area contributed by atoms with Crippen LogP contribution in [0.1, 0.15) is 43.6 Å². The van der Waals surface area contributed by atoms with Gasteiger partial charge in [0.2, 0.25) is 0 Å². The van der Waals surface area contributed by atoms with Crippen LogP contribution < -0.4 is 15.4 Å². The van der Waals surface area contributed by atoms with E-state index in [1.807, 2.05) is 42.5 Å².